The molecule has 0 aliphatic heterocycles. The molecule has 0 aliphatic carbocycles. The lowest BCUT2D eigenvalue weighted by molar-refractivity contribution is -0.142. The molecule has 0 fully saturated rings. The lowest BCUT2D eigenvalue weighted by Gasteiger charge is -2.13. The normalized spacial score (nSPS) is 12.3. The average Bonchev–Trinajstić information content (AvgIpc) is 2.86. The van der Waals surface area contributed by atoms with Gasteiger partial charge >= 0.3 is 6.18 Å². The molecule has 1 heterocycles. The third-order valence-corrected chi connectivity index (χ3v) is 2.81. The number of rotatable bonds is 3. The second-order valence-corrected chi connectivity index (χ2v) is 4.44. The van der Waals surface area contributed by atoms with Crippen LogP contribution in [0.15, 0.2) is 6.07 Å². The Balaban J connectivity index is 2.80. The van der Waals surface area contributed by atoms with Crippen molar-refractivity contribution >= 4 is 0 Å². The van der Waals surface area contributed by atoms with E-state index in [1.807, 2.05) is 0 Å². The monoisotopic (exact) mass is 366 g/mol. The van der Waals surface area contributed by atoms with Crippen molar-refractivity contribution in [1.29, 1.82) is 0 Å². The summed E-state index contributed by atoms with van der Waals surface area (Å²) >= 11 is 0. The predicted molar refractivity (Wildman–Crippen MR) is 58.1 cm³/mol. The number of hydrogen-bond donors (Lipinski definition) is 0. The van der Waals surface area contributed by atoms with E-state index < -0.39 is 69.9 Å². The van der Waals surface area contributed by atoms with E-state index in [0.29, 0.717) is 0 Å². The summed E-state index contributed by atoms with van der Waals surface area (Å²) in [7, 11) is 0. The van der Waals surface area contributed by atoms with Crippen molar-refractivity contribution in [3.8, 4) is 5.69 Å². The Hall–Kier alpha value is -2.27. The maximum absolute atomic E-state index is 13.6. The zero-order valence-electron chi connectivity index (χ0n) is 11.0. The zero-order chi connectivity index (χ0) is 18.4. The largest absolute Gasteiger partial charge is 0.433 e. The van der Waals surface area contributed by atoms with Crippen molar-refractivity contribution in [2.75, 3.05) is 0 Å². The van der Waals surface area contributed by atoms with E-state index in [2.05, 4.69) is 5.10 Å². The molecule has 24 heavy (non-hydrogen) atoms. The Morgan fingerprint density at radius 3 is 1.75 bits per heavy atom. The molecule has 12 heteroatoms. The van der Waals surface area contributed by atoms with Gasteiger partial charge in [0.05, 0.1) is 12.1 Å². The Morgan fingerprint density at radius 1 is 0.875 bits per heavy atom. The quantitative estimate of drug-likeness (QED) is 0.448. The lowest BCUT2D eigenvalue weighted by atomic mass is 10.2. The van der Waals surface area contributed by atoms with Crippen LogP contribution in [0.1, 0.15) is 11.4 Å². The fourth-order valence-electron chi connectivity index (χ4n) is 1.84. The SMILES string of the molecule is Fc1c(F)c(F)c(-n2nc(CC(F)F)cc2C(F)(F)F)c(F)c1F. The summed E-state index contributed by atoms with van der Waals surface area (Å²) in [6, 6.07) is 0.0320. The first-order chi connectivity index (χ1) is 10.9. The van der Waals surface area contributed by atoms with Crippen LogP contribution in [0.3, 0.4) is 0 Å². The highest BCUT2D eigenvalue weighted by Crippen LogP contribution is 2.34. The summed E-state index contributed by atoms with van der Waals surface area (Å²) in [6.45, 7) is 0. The molecule has 1 aromatic heterocycles. The minimum absolute atomic E-state index is 0.0320. The van der Waals surface area contributed by atoms with Gasteiger partial charge in [0.1, 0.15) is 11.4 Å². The molecule has 0 saturated carbocycles. The van der Waals surface area contributed by atoms with Crippen LogP contribution in [-0.4, -0.2) is 16.2 Å². The van der Waals surface area contributed by atoms with Gasteiger partial charge < -0.3 is 0 Å². The highest BCUT2D eigenvalue weighted by atomic mass is 19.4. The summed E-state index contributed by atoms with van der Waals surface area (Å²) in [6.07, 6.45) is -9.81. The molecule has 0 unspecified atom stereocenters. The molecule has 0 spiro atoms. The maximum atomic E-state index is 13.6. The summed E-state index contributed by atoms with van der Waals surface area (Å²) in [5, 5.41) is 2.90. The van der Waals surface area contributed by atoms with Crippen molar-refractivity contribution < 1.29 is 43.9 Å². The number of hydrogen-bond acceptors (Lipinski definition) is 1. The molecule has 2 aromatic rings. The van der Waals surface area contributed by atoms with Gasteiger partial charge in [-0.2, -0.15) is 18.3 Å². The molecule has 2 rings (SSSR count). The molecular weight excluding hydrogens is 362 g/mol. The van der Waals surface area contributed by atoms with E-state index in [-0.39, 0.29) is 6.07 Å². The smallest absolute Gasteiger partial charge is 0.222 e. The van der Waals surface area contributed by atoms with Gasteiger partial charge in [0.2, 0.25) is 12.2 Å². The van der Waals surface area contributed by atoms with Crippen LogP contribution < -0.4 is 0 Å². The first kappa shape index (κ1) is 18.1. The first-order valence-electron chi connectivity index (χ1n) is 5.91. The average molecular weight is 366 g/mol. The van der Waals surface area contributed by atoms with Crippen LogP contribution in [0.2, 0.25) is 0 Å². The minimum Gasteiger partial charge on any atom is -0.222 e. The van der Waals surface area contributed by atoms with Crippen LogP contribution in [0, 0.1) is 29.1 Å². The molecule has 0 N–H and O–H groups in total. The summed E-state index contributed by atoms with van der Waals surface area (Å²) in [5.74, 6) is -12.7. The molecule has 1 aromatic carbocycles. The third-order valence-electron chi connectivity index (χ3n) is 2.81. The van der Waals surface area contributed by atoms with Crippen LogP contribution >= 0.6 is 0 Å². The summed E-state index contributed by atoms with van der Waals surface area (Å²) in [4.78, 5) is 0. The Morgan fingerprint density at radius 2 is 1.33 bits per heavy atom. The van der Waals surface area contributed by atoms with Gasteiger partial charge in [-0.1, -0.05) is 0 Å². The van der Waals surface area contributed by atoms with Crippen molar-refractivity contribution in [2.24, 2.45) is 0 Å². The van der Waals surface area contributed by atoms with Gasteiger partial charge in [-0.15, -0.1) is 0 Å². The zero-order valence-corrected chi connectivity index (χ0v) is 11.0. The Bertz CT molecular complexity index is 748. The number of nitrogens with zero attached hydrogens (tertiary/aromatic N) is 2. The second kappa shape index (κ2) is 5.98. The van der Waals surface area contributed by atoms with Gasteiger partial charge in [-0.25, -0.2) is 35.4 Å². The van der Waals surface area contributed by atoms with Crippen LogP contribution in [0.5, 0.6) is 0 Å². The maximum Gasteiger partial charge on any atom is 0.433 e. The molecule has 0 radical (unpaired) electrons. The van der Waals surface area contributed by atoms with Crippen LogP contribution in [-0.2, 0) is 12.6 Å². The van der Waals surface area contributed by atoms with Crippen LogP contribution in [0.25, 0.3) is 5.69 Å². The number of alkyl halides is 5. The number of halogens is 10. The van der Waals surface area contributed by atoms with E-state index in [1.165, 1.54) is 0 Å². The topological polar surface area (TPSA) is 17.8 Å². The van der Waals surface area contributed by atoms with Crippen molar-refractivity contribution in [3.05, 3.63) is 46.5 Å². The molecule has 2 nitrogen and oxygen atoms in total. The second-order valence-electron chi connectivity index (χ2n) is 4.44. The van der Waals surface area contributed by atoms with Gasteiger partial charge in [0.25, 0.3) is 0 Å². The number of benzene rings is 1. The van der Waals surface area contributed by atoms with E-state index >= 15 is 0 Å². The Labute approximate surface area is 126 Å². The standard InChI is InChI=1S/C12H4F10N2/c13-5(14)2-3-1-4(12(20,21)22)24(23-3)11-9(18)7(16)6(15)8(17)10(11)19/h1,5H,2H2. The highest BCUT2D eigenvalue weighted by Gasteiger charge is 2.39. The highest BCUT2D eigenvalue weighted by molar-refractivity contribution is 5.39. The molecule has 132 valence electrons. The third kappa shape index (κ3) is 3.04. The van der Waals surface area contributed by atoms with Crippen molar-refractivity contribution in [3.63, 3.8) is 0 Å². The molecule has 0 bridgehead atoms. The van der Waals surface area contributed by atoms with E-state index in [1.54, 1.807) is 0 Å². The molecule has 0 aliphatic rings. The lowest BCUT2D eigenvalue weighted by Crippen LogP contribution is -2.18. The molecule has 0 saturated heterocycles. The van der Waals surface area contributed by atoms with E-state index in [9.17, 15) is 43.9 Å². The van der Waals surface area contributed by atoms with Gasteiger partial charge in [0.15, 0.2) is 23.3 Å². The fraction of sp³-hybridized carbons (Fsp3) is 0.250. The first-order valence-corrected chi connectivity index (χ1v) is 5.91. The van der Waals surface area contributed by atoms with Crippen LogP contribution in [0.4, 0.5) is 43.9 Å². The molecule has 0 atom stereocenters. The predicted octanol–water partition coefficient (Wildman–Crippen LogP) is 4.39. The van der Waals surface area contributed by atoms with E-state index in [4.69, 9.17) is 0 Å². The van der Waals surface area contributed by atoms with Gasteiger partial charge in [-0.3, -0.25) is 0 Å². The molecule has 0 amide bonds. The van der Waals surface area contributed by atoms with Gasteiger partial charge in [0, 0.05) is 0 Å². The Kier molecular flexibility index (Phi) is 4.50. The van der Waals surface area contributed by atoms with Gasteiger partial charge in [-0.05, 0) is 6.07 Å². The molecular formula is C12H4F10N2. The van der Waals surface area contributed by atoms with Crippen molar-refractivity contribution in [1.82, 2.24) is 9.78 Å². The van der Waals surface area contributed by atoms with Crippen molar-refractivity contribution in [2.45, 2.75) is 19.0 Å². The fourth-order valence-corrected chi connectivity index (χ4v) is 1.84. The van der Waals surface area contributed by atoms with E-state index in [0.717, 1.165) is 0 Å². The summed E-state index contributed by atoms with van der Waals surface area (Å²) in [5.41, 5.74) is -4.93. The minimum atomic E-state index is -5.35. The summed E-state index contributed by atoms with van der Waals surface area (Å²) < 4.78 is 129. The number of aromatic nitrogens is 2.